The van der Waals surface area contributed by atoms with Crippen LogP contribution in [0.15, 0.2) is 41.3 Å². The fraction of sp³-hybridized carbons (Fsp3) is 0.440. The van der Waals surface area contributed by atoms with Crippen LogP contribution in [0.1, 0.15) is 73.7 Å². The van der Waals surface area contributed by atoms with Crippen molar-refractivity contribution in [3.63, 3.8) is 0 Å². The Hall–Kier alpha value is -1.71. The number of benzene rings is 2. The summed E-state index contributed by atoms with van der Waals surface area (Å²) in [6.45, 7) is 12.8. The first-order chi connectivity index (χ1) is 13.2. The van der Waals surface area contributed by atoms with Gasteiger partial charge in [0, 0.05) is 17.1 Å². The van der Waals surface area contributed by atoms with Crippen molar-refractivity contribution in [2.24, 2.45) is 0 Å². The number of fused-ring (bicyclic) bond motifs is 1. The highest BCUT2D eigenvalue weighted by Gasteiger charge is 2.38. The van der Waals surface area contributed by atoms with Crippen LogP contribution in [0.4, 0.5) is 5.69 Å². The average Bonchev–Trinajstić information content (AvgIpc) is 3.09. The van der Waals surface area contributed by atoms with Crippen molar-refractivity contribution in [1.82, 2.24) is 5.32 Å². The third-order valence-corrected chi connectivity index (χ3v) is 7.74. The third-order valence-electron chi connectivity index (χ3n) is 6.52. The zero-order chi connectivity index (χ0) is 20.1. The van der Waals surface area contributed by atoms with E-state index in [1.54, 1.807) is 11.1 Å². The quantitative estimate of drug-likeness (QED) is 0.589. The third kappa shape index (κ3) is 3.62. The lowest BCUT2D eigenvalue weighted by Crippen LogP contribution is -2.34. The lowest BCUT2D eigenvalue weighted by atomic mass is 9.62. The second kappa shape index (κ2) is 6.96. The molecule has 1 unspecified atom stereocenters. The van der Waals surface area contributed by atoms with Gasteiger partial charge in [-0.25, -0.2) is 0 Å². The van der Waals surface area contributed by atoms with Gasteiger partial charge < -0.3 is 5.73 Å². The van der Waals surface area contributed by atoms with Gasteiger partial charge in [0.05, 0.1) is 5.37 Å². The van der Waals surface area contributed by atoms with Gasteiger partial charge in [-0.1, -0.05) is 52.0 Å². The summed E-state index contributed by atoms with van der Waals surface area (Å²) in [5.74, 6) is 0. The fourth-order valence-corrected chi connectivity index (χ4v) is 5.71. The molecule has 148 valence electrons. The summed E-state index contributed by atoms with van der Waals surface area (Å²) in [6, 6.07) is 13.1. The van der Waals surface area contributed by atoms with Crippen LogP contribution in [-0.4, -0.2) is 6.54 Å². The topological polar surface area (TPSA) is 38.0 Å². The lowest BCUT2D eigenvalue weighted by molar-refractivity contribution is 0.331. The van der Waals surface area contributed by atoms with Gasteiger partial charge in [-0.3, -0.25) is 5.32 Å². The van der Waals surface area contributed by atoms with Crippen molar-refractivity contribution in [3.05, 3.63) is 69.1 Å². The van der Waals surface area contributed by atoms with Crippen LogP contribution < -0.4 is 11.1 Å². The van der Waals surface area contributed by atoms with E-state index < -0.39 is 0 Å². The Labute approximate surface area is 174 Å². The summed E-state index contributed by atoms with van der Waals surface area (Å²) < 4.78 is 0. The van der Waals surface area contributed by atoms with Gasteiger partial charge in [-0.15, -0.1) is 11.8 Å². The minimum absolute atomic E-state index is 0.249. The summed E-state index contributed by atoms with van der Waals surface area (Å²) in [7, 11) is 0. The highest BCUT2D eigenvalue weighted by atomic mass is 32.2. The normalized spacial score (nSPS) is 24.3. The van der Waals surface area contributed by atoms with Gasteiger partial charge in [-0.2, -0.15) is 0 Å². The van der Waals surface area contributed by atoms with E-state index in [9.17, 15) is 0 Å². The number of nitrogen functional groups attached to an aromatic ring is 1. The van der Waals surface area contributed by atoms with Crippen molar-refractivity contribution >= 4 is 23.5 Å². The molecule has 3 N–H and O–H groups in total. The van der Waals surface area contributed by atoms with E-state index in [1.165, 1.54) is 34.4 Å². The molecule has 0 aromatic heterocycles. The smallest absolute Gasteiger partial charge is 0.0838 e. The van der Waals surface area contributed by atoms with Crippen LogP contribution in [0, 0.1) is 6.92 Å². The van der Waals surface area contributed by atoms with Crippen LogP contribution >= 0.6 is 11.8 Å². The number of hydrogen-bond donors (Lipinski definition) is 2. The molecule has 1 heterocycles. The molecule has 1 saturated heterocycles. The Bertz CT molecular complexity index is 922. The van der Waals surface area contributed by atoms with E-state index in [0.29, 0.717) is 5.37 Å². The maximum absolute atomic E-state index is 5.81. The van der Waals surface area contributed by atoms with E-state index >= 15 is 0 Å². The molecule has 3 heteroatoms. The lowest BCUT2D eigenvalue weighted by Gasteiger charge is -2.42. The van der Waals surface area contributed by atoms with Gasteiger partial charge in [0.1, 0.15) is 0 Å². The molecule has 2 aromatic rings. The zero-order valence-electron chi connectivity index (χ0n) is 17.7. The van der Waals surface area contributed by atoms with Gasteiger partial charge in [0.2, 0.25) is 0 Å². The Kier molecular flexibility index (Phi) is 4.87. The second-order valence-corrected chi connectivity index (χ2v) is 10.9. The Morgan fingerprint density at radius 1 is 1.00 bits per heavy atom. The number of rotatable bonds is 2. The summed E-state index contributed by atoms with van der Waals surface area (Å²) in [4.78, 5) is 1.38. The molecule has 1 fully saturated rings. The molecule has 1 aliphatic heterocycles. The molecule has 1 atom stereocenters. The number of nitrogens with one attached hydrogen (secondary N) is 1. The van der Waals surface area contributed by atoms with Crippen LogP contribution in [0.25, 0.3) is 6.08 Å². The van der Waals surface area contributed by atoms with Crippen molar-refractivity contribution < 1.29 is 0 Å². The van der Waals surface area contributed by atoms with Crippen molar-refractivity contribution in [2.45, 2.75) is 63.7 Å². The minimum Gasteiger partial charge on any atom is -0.399 e. The Balaban J connectivity index is 1.65. The van der Waals surface area contributed by atoms with E-state index in [2.05, 4.69) is 70.3 Å². The number of thioether (sulfide) groups is 1. The molecule has 0 radical (unpaired) electrons. The molecule has 28 heavy (non-hydrogen) atoms. The Morgan fingerprint density at radius 2 is 1.61 bits per heavy atom. The van der Waals surface area contributed by atoms with Crippen LogP contribution in [0.2, 0.25) is 0 Å². The SMILES string of the molecule is Cc1cc2c(cc1C1NCC(=Cc3ccc(N)cc3)S1)C(C)(C)CCC2(C)C. The molecule has 0 saturated carbocycles. The van der Waals surface area contributed by atoms with Gasteiger partial charge in [-0.05, 0) is 76.6 Å². The molecule has 1 aliphatic carbocycles. The average molecular weight is 393 g/mol. The summed E-state index contributed by atoms with van der Waals surface area (Å²) in [5, 5.41) is 4.05. The van der Waals surface area contributed by atoms with E-state index in [0.717, 1.165) is 12.2 Å². The first-order valence-corrected chi connectivity index (χ1v) is 11.2. The van der Waals surface area contributed by atoms with Crippen molar-refractivity contribution in [2.75, 3.05) is 12.3 Å². The molecule has 4 rings (SSSR count). The number of aryl methyl sites for hydroxylation is 1. The molecular formula is C25H32N2S. The molecule has 2 nitrogen and oxygen atoms in total. The van der Waals surface area contributed by atoms with Gasteiger partial charge in [0.25, 0.3) is 0 Å². The summed E-state index contributed by atoms with van der Waals surface area (Å²) in [5.41, 5.74) is 14.3. The van der Waals surface area contributed by atoms with Gasteiger partial charge in [0.15, 0.2) is 0 Å². The molecule has 0 amide bonds. The Morgan fingerprint density at radius 3 is 2.25 bits per heavy atom. The van der Waals surface area contributed by atoms with Gasteiger partial charge >= 0.3 is 0 Å². The molecule has 2 aliphatic rings. The number of anilines is 1. The predicted octanol–water partition coefficient (Wildman–Crippen LogP) is 6.30. The largest absolute Gasteiger partial charge is 0.399 e. The van der Waals surface area contributed by atoms with Crippen molar-refractivity contribution in [3.8, 4) is 0 Å². The van der Waals surface area contributed by atoms with E-state index in [4.69, 9.17) is 5.73 Å². The first-order valence-electron chi connectivity index (χ1n) is 10.3. The molecular weight excluding hydrogens is 360 g/mol. The van der Waals surface area contributed by atoms with Crippen LogP contribution in [0.3, 0.4) is 0 Å². The molecule has 0 spiro atoms. The molecule has 0 bridgehead atoms. The zero-order valence-corrected chi connectivity index (χ0v) is 18.5. The minimum atomic E-state index is 0.249. The summed E-state index contributed by atoms with van der Waals surface area (Å²) in [6.07, 6.45) is 4.79. The summed E-state index contributed by atoms with van der Waals surface area (Å²) >= 11 is 1.95. The number of nitrogens with two attached hydrogens (primary N) is 1. The second-order valence-electron chi connectivity index (χ2n) is 9.68. The first kappa shape index (κ1) is 19.6. The van der Waals surface area contributed by atoms with Crippen LogP contribution in [0.5, 0.6) is 0 Å². The maximum Gasteiger partial charge on any atom is 0.0838 e. The highest BCUT2D eigenvalue weighted by molar-refractivity contribution is 8.03. The van der Waals surface area contributed by atoms with E-state index in [1.807, 2.05) is 23.9 Å². The van der Waals surface area contributed by atoms with E-state index in [-0.39, 0.29) is 10.8 Å². The molecule has 2 aromatic carbocycles. The monoisotopic (exact) mass is 392 g/mol. The van der Waals surface area contributed by atoms with Crippen molar-refractivity contribution in [1.29, 1.82) is 0 Å². The maximum atomic E-state index is 5.81. The van der Waals surface area contributed by atoms with Crippen LogP contribution in [-0.2, 0) is 10.8 Å². The predicted molar refractivity (Wildman–Crippen MR) is 124 cm³/mol. The standard InChI is InChI=1S/C25H32N2S/c1-16-12-21-22(25(4,5)11-10-24(21,2)3)14-20(16)23-27-15-19(28-23)13-17-6-8-18(26)9-7-17/h6-9,12-14,23,27H,10-11,15,26H2,1-5H3. The highest BCUT2D eigenvalue weighted by Crippen LogP contribution is 2.48. The number of hydrogen-bond acceptors (Lipinski definition) is 3. The fourth-order valence-electron chi connectivity index (χ4n) is 4.49.